The van der Waals surface area contributed by atoms with Crippen LogP contribution in [0.25, 0.3) is 27.6 Å². The molecule has 0 N–H and O–H groups in total. The van der Waals surface area contributed by atoms with Gasteiger partial charge in [0.2, 0.25) is 0 Å². The molecule has 0 spiro atoms. The zero-order chi connectivity index (χ0) is 50.3. The summed E-state index contributed by atoms with van der Waals surface area (Å²) in [5.41, 5.74) is 14.1. The summed E-state index contributed by atoms with van der Waals surface area (Å²) < 4.78 is 9.18. The minimum absolute atomic E-state index is 0. The molecule has 10 rings (SSSR count). The number of fused-ring (bicyclic) bond motifs is 4. The molecule has 9 aromatic rings. The van der Waals surface area contributed by atoms with E-state index in [0.717, 1.165) is 55.9 Å². The molecule has 6 heteroatoms. The average Bonchev–Trinajstić information content (AvgIpc) is 3.89. The number of hydrogen-bond acceptors (Lipinski definition) is 4. The maximum Gasteiger partial charge on any atom is 0.135 e. The van der Waals surface area contributed by atoms with Crippen molar-refractivity contribution >= 4 is 44.6 Å². The largest absolute Gasteiger partial charge is 0.509 e. The quantitative estimate of drug-likeness (QED) is 0.135. The molecule has 72 heavy (non-hydrogen) atoms. The Morgan fingerprint density at radius 1 is 0.444 bits per heavy atom. The summed E-state index contributed by atoms with van der Waals surface area (Å²) >= 11 is 0. The number of anilines is 4. The third-order valence-electron chi connectivity index (χ3n) is 14.8. The maximum absolute atomic E-state index is 6.96. The first kappa shape index (κ1) is 50.5. The molecule has 0 fully saturated rings. The van der Waals surface area contributed by atoms with Crippen molar-refractivity contribution in [1.29, 1.82) is 0 Å². The molecule has 7 aromatic carbocycles. The van der Waals surface area contributed by atoms with E-state index in [1.165, 1.54) is 33.4 Å². The van der Waals surface area contributed by atoms with Gasteiger partial charge in [0.05, 0.1) is 0 Å². The average molecular weight is 1130 g/mol. The Balaban J connectivity index is 0.00000640. The van der Waals surface area contributed by atoms with Crippen molar-refractivity contribution < 1.29 is 25.8 Å². The first-order valence-corrected chi connectivity index (χ1v) is 25.1. The van der Waals surface area contributed by atoms with Crippen LogP contribution in [0.5, 0.6) is 11.5 Å². The topological polar surface area (TPSA) is 33.5 Å². The van der Waals surface area contributed by atoms with Crippen LogP contribution < -0.4 is 14.5 Å². The van der Waals surface area contributed by atoms with Gasteiger partial charge >= 0.3 is 0 Å². The normalized spacial score (nSPS) is 13.4. The molecule has 0 bridgehead atoms. The van der Waals surface area contributed by atoms with Crippen molar-refractivity contribution in [2.45, 2.75) is 117 Å². The summed E-state index contributed by atoms with van der Waals surface area (Å²) in [4.78, 5) is 9.66. The van der Waals surface area contributed by atoms with E-state index >= 15 is 0 Å². The fourth-order valence-corrected chi connectivity index (χ4v) is 9.98. The van der Waals surface area contributed by atoms with E-state index in [9.17, 15) is 0 Å². The SMILES string of the molecule is CC(C)(C)c1cc(Oc2[c-]c3c(cc2)c2ccccc2n3-c2cc(C(C)(C)c3ccccc3)ccn2)[c-]c(N2[CH-]N(c3cc(C(C)(C)C)cc(C(C)(C)c4ccccc4)c3)c3cc(C(C)(C)C)ccc32)c1.[Pt]. The van der Waals surface area contributed by atoms with Crippen LogP contribution in [0.1, 0.15) is 129 Å². The third-order valence-corrected chi connectivity index (χ3v) is 14.8. The van der Waals surface area contributed by atoms with Gasteiger partial charge in [-0.05, 0) is 97.5 Å². The van der Waals surface area contributed by atoms with E-state index in [-0.39, 0.29) is 48.1 Å². The second kappa shape index (κ2) is 18.6. The van der Waals surface area contributed by atoms with Gasteiger partial charge < -0.3 is 19.1 Å². The number of para-hydroxylation sites is 1. The minimum atomic E-state index is -0.237. The fourth-order valence-electron chi connectivity index (χ4n) is 9.98. The van der Waals surface area contributed by atoms with Crippen LogP contribution in [0, 0.1) is 18.8 Å². The van der Waals surface area contributed by atoms with Gasteiger partial charge in [0, 0.05) is 72.2 Å². The van der Waals surface area contributed by atoms with Crippen molar-refractivity contribution in [1.82, 2.24) is 9.55 Å². The molecule has 0 atom stereocenters. The van der Waals surface area contributed by atoms with Crippen molar-refractivity contribution in [2.75, 3.05) is 9.80 Å². The number of ether oxygens (including phenoxy) is 1. The summed E-state index contributed by atoms with van der Waals surface area (Å²) in [6, 6.07) is 64.6. The number of benzene rings is 7. The van der Waals surface area contributed by atoms with Gasteiger partial charge in [0.15, 0.2) is 0 Å². The Morgan fingerprint density at radius 2 is 1.04 bits per heavy atom. The molecule has 1 aliphatic heterocycles. The molecule has 3 heterocycles. The second-order valence-electron chi connectivity index (χ2n) is 23.6. The number of pyridine rings is 1. The Hall–Kier alpha value is -6.42. The van der Waals surface area contributed by atoms with Crippen molar-refractivity contribution in [2.24, 2.45) is 0 Å². The summed E-state index contributed by atoms with van der Waals surface area (Å²) in [6.07, 6.45) is 1.93. The summed E-state index contributed by atoms with van der Waals surface area (Å²) in [5, 5.41) is 2.22. The number of nitrogens with zero attached hydrogens (tertiary/aromatic N) is 4. The molecule has 5 nitrogen and oxygen atoms in total. The first-order chi connectivity index (χ1) is 33.6. The maximum atomic E-state index is 6.96. The molecule has 0 amide bonds. The van der Waals surface area contributed by atoms with E-state index in [0.29, 0.717) is 11.5 Å². The van der Waals surface area contributed by atoms with Gasteiger partial charge in [0.1, 0.15) is 5.82 Å². The van der Waals surface area contributed by atoms with Crippen LogP contribution in [0.2, 0.25) is 0 Å². The molecule has 1 aliphatic rings. The van der Waals surface area contributed by atoms with Crippen molar-refractivity contribution in [3.63, 3.8) is 0 Å². The van der Waals surface area contributed by atoms with Gasteiger partial charge in [-0.1, -0.05) is 187 Å². The van der Waals surface area contributed by atoms with Crippen LogP contribution >= 0.6 is 0 Å². The summed E-state index contributed by atoms with van der Waals surface area (Å²) in [5.74, 6) is 2.06. The zero-order valence-electron chi connectivity index (χ0n) is 44.2. The van der Waals surface area contributed by atoms with E-state index < -0.39 is 0 Å². The Bertz CT molecular complexity index is 3440. The molecule has 0 unspecified atom stereocenters. The van der Waals surface area contributed by atoms with Gasteiger partial charge in [-0.2, -0.15) is 6.07 Å². The predicted molar refractivity (Wildman–Crippen MR) is 297 cm³/mol. The van der Waals surface area contributed by atoms with Crippen LogP contribution in [0.4, 0.5) is 22.7 Å². The number of aromatic nitrogens is 2. The molecule has 0 radical (unpaired) electrons. The monoisotopic (exact) mass is 1130 g/mol. The zero-order valence-corrected chi connectivity index (χ0v) is 46.5. The summed E-state index contributed by atoms with van der Waals surface area (Å²) in [7, 11) is 0. The van der Waals surface area contributed by atoms with Crippen molar-refractivity contribution in [3.8, 4) is 17.3 Å². The molecule has 0 aliphatic carbocycles. The molecule has 0 saturated carbocycles. The molecular formula is C66H67N4OPt-3. The van der Waals surface area contributed by atoms with Gasteiger partial charge in [-0.15, -0.1) is 53.6 Å². The minimum Gasteiger partial charge on any atom is -0.509 e. The van der Waals surface area contributed by atoms with Crippen LogP contribution in [0.15, 0.2) is 164 Å². The second-order valence-corrected chi connectivity index (χ2v) is 23.6. The standard InChI is InChI=1S/C66H67N4O.Pt/c1-62(2,3)46-28-31-58-60(39-46)69(51-35-48(63(4,5)6)34-50(37-51)66(12,13)45-24-18-15-19-25-45)43-68(58)52-36-49(64(7,8)9)38-54(41-52)71-53-29-30-56-55-26-20-21-27-57(55)70(59(56)42-53)61-40-47(32-33-67-61)65(10,11)44-22-16-14-17-23-44;/h14-40,43H,1-13H3;/q-3;. The van der Waals surface area contributed by atoms with E-state index in [2.05, 4.69) is 275 Å². The Morgan fingerprint density at radius 3 is 1.69 bits per heavy atom. The number of rotatable bonds is 9. The van der Waals surface area contributed by atoms with Crippen LogP contribution in [-0.4, -0.2) is 9.55 Å². The van der Waals surface area contributed by atoms with Gasteiger partial charge in [-0.25, -0.2) is 4.98 Å². The van der Waals surface area contributed by atoms with Crippen LogP contribution in [0.3, 0.4) is 0 Å². The molecule has 0 saturated heterocycles. The van der Waals surface area contributed by atoms with Crippen LogP contribution in [-0.2, 0) is 48.1 Å². The molecule has 2 aromatic heterocycles. The third kappa shape index (κ3) is 9.42. The van der Waals surface area contributed by atoms with Gasteiger partial charge in [-0.3, -0.25) is 0 Å². The Labute approximate surface area is 443 Å². The fraction of sp³-hybridized carbons (Fsp3) is 0.273. The van der Waals surface area contributed by atoms with Gasteiger partial charge in [0.25, 0.3) is 0 Å². The van der Waals surface area contributed by atoms with E-state index in [1.807, 2.05) is 12.3 Å². The number of hydrogen-bond donors (Lipinski definition) is 0. The smallest absolute Gasteiger partial charge is 0.135 e. The van der Waals surface area contributed by atoms with E-state index in [4.69, 9.17) is 9.72 Å². The van der Waals surface area contributed by atoms with E-state index in [1.54, 1.807) is 0 Å². The predicted octanol–water partition coefficient (Wildman–Crippen LogP) is 17.5. The Kier molecular flexibility index (Phi) is 13.0. The molecule has 370 valence electrons. The summed E-state index contributed by atoms with van der Waals surface area (Å²) in [6.45, 7) is 32.0. The first-order valence-electron chi connectivity index (χ1n) is 25.1. The van der Waals surface area contributed by atoms with Crippen molar-refractivity contribution in [3.05, 3.63) is 222 Å². The molecular weight excluding hydrogens is 1060 g/mol.